The van der Waals surface area contributed by atoms with Gasteiger partial charge >= 0.3 is 0 Å². The zero-order valence-electron chi connectivity index (χ0n) is 12.6. The molecule has 0 bridgehead atoms. The molecule has 3 fully saturated rings. The summed E-state index contributed by atoms with van der Waals surface area (Å²) >= 11 is 0. The summed E-state index contributed by atoms with van der Waals surface area (Å²) < 4.78 is 5.79. The van der Waals surface area contributed by atoms with Crippen LogP contribution in [0.15, 0.2) is 0 Å². The molecule has 0 spiro atoms. The molecule has 1 aliphatic heterocycles. The molecule has 3 aliphatic rings. The van der Waals surface area contributed by atoms with Crippen LogP contribution in [0.4, 0.5) is 0 Å². The van der Waals surface area contributed by atoms with E-state index in [4.69, 9.17) is 4.74 Å². The third kappa shape index (κ3) is 3.33. The van der Waals surface area contributed by atoms with Crippen LogP contribution in [-0.4, -0.2) is 48.8 Å². The van der Waals surface area contributed by atoms with Crippen molar-refractivity contribution in [2.75, 3.05) is 26.2 Å². The van der Waals surface area contributed by atoms with E-state index >= 15 is 0 Å². The van der Waals surface area contributed by atoms with Gasteiger partial charge in [0.1, 0.15) is 5.54 Å². The Kier molecular flexibility index (Phi) is 4.30. The van der Waals surface area contributed by atoms with Crippen molar-refractivity contribution in [3.63, 3.8) is 0 Å². The van der Waals surface area contributed by atoms with Crippen LogP contribution in [-0.2, 0) is 4.74 Å². The van der Waals surface area contributed by atoms with E-state index in [1.807, 2.05) is 0 Å². The second kappa shape index (κ2) is 6.01. The van der Waals surface area contributed by atoms with Crippen LogP contribution in [0.25, 0.3) is 0 Å². The van der Waals surface area contributed by atoms with Gasteiger partial charge in [-0.25, -0.2) is 0 Å². The second-order valence-electron chi connectivity index (χ2n) is 6.73. The Morgan fingerprint density at radius 2 is 2.10 bits per heavy atom. The van der Waals surface area contributed by atoms with Gasteiger partial charge < -0.3 is 4.74 Å². The SMILES string of the molecule is CCOC1CCCN(CC(C#N)(NC2CC2)C2CC2)C1. The van der Waals surface area contributed by atoms with E-state index in [1.54, 1.807) is 0 Å². The van der Waals surface area contributed by atoms with E-state index in [2.05, 4.69) is 23.2 Å². The second-order valence-corrected chi connectivity index (χ2v) is 6.73. The highest BCUT2D eigenvalue weighted by Crippen LogP contribution is 2.42. The third-order valence-electron chi connectivity index (χ3n) is 4.85. The van der Waals surface area contributed by atoms with Crippen LogP contribution < -0.4 is 5.32 Å². The fourth-order valence-corrected chi connectivity index (χ4v) is 3.50. The average Bonchev–Trinajstić information content (AvgIpc) is 3.32. The summed E-state index contributed by atoms with van der Waals surface area (Å²) in [5, 5.41) is 13.5. The van der Waals surface area contributed by atoms with Crippen molar-refractivity contribution >= 4 is 0 Å². The Labute approximate surface area is 122 Å². The molecule has 1 saturated heterocycles. The summed E-state index contributed by atoms with van der Waals surface area (Å²) in [6.45, 7) is 5.86. The minimum absolute atomic E-state index is 0.296. The fraction of sp³-hybridized carbons (Fsp3) is 0.938. The first kappa shape index (κ1) is 14.3. The summed E-state index contributed by atoms with van der Waals surface area (Å²) in [5.74, 6) is 0.570. The van der Waals surface area contributed by atoms with Crippen LogP contribution in [0, 0.1) is 17.2 Å². The van der Waals surface area contributed by atoms with Crippen LogP contribution in [0.5, 0.6) is 0 Å². The maximum atomic E-state index is 9.79. The summed E-state index contributed by atoms with van der Waals surface area (Å²) in [5.41, 5.74) is -0.296. The summed E-state index contributed by atoms with van der Waals surface area (Å²) in [4.78, 5) is 2.46. The Hall–Kier alpha value is -0.630. The van der Waals surface area contributed by atoms with Crippen molar-refractivity contribution in [3.05, 3.63) is 0 Å². The molecule has 1 heterocycles. The number of nitrogens with zero attached hydrogens (tertiary/aromatic N) is 2. The molecule has 2 saturated carbocycles. The monoisotopic (exact) mass is 277 g/mol. The van der Waals surface area contributed by atoms with Crippen molar-refractivity contribution in [1.82, 2.24) is 10.2 Å². The van der Waals surface area contributed by atoms with E-state index in [0.717, 1.165) is 26.2 Å². The molecule has 0 radical (unpaired) electrons. The lowest BCUT2D eigenvalue weighted by Gasteiger charge is -2.38. The number of nitrogens with one attached hydrogen (secondary N) is 1. The van der Waals surface area contributed by atoms with Gasteiger partial charge in [-0.3, -0.25) is 10.2 Å². The fourth-order valence-electron chi connectivity index (χ4n) is 3.50. The van der Waals surface area contributed by atoms with Crippen molar-refractivity contribution in [2.24, 2.45) is 5.92 Å². The topological polar surface area (TPSA) is 48.3 Å². The predicted molar refractivity (Wildman–Crippen MR) is 78.3 cm³/mol. The van der Waals surface area contributed by atoms with Gasteiger partial charge in [0, 0.05) is 25.7 Å². The first-order valence-electron chi connectivity index (χ1n) is 8.28. The van der Waals surface area contributed by atoms with Gasteiger partial charge in [0.05, 0.1) is 12.2 Å². The standard InChI is InChI=1S/C16H27N3O/c1-2-20-15-4-3-9-19(10-15)12-16(11-17,13-5-6-13)18-14-7-8-14/h13-15,18H,2-10,12H2,1H3. The molecule has 20 heavy (non-hydrogen) atoms. The van der Waals surface area contributed by atoms with E-state index in [-0.39, 0.29) is 5.54 Å². The zero-order valence-corrected chi connectivity index (χ0v) is 12.6. The summed E-state index contributed by atoms with van der Waals surface area (Å²) in [6.07, 6.45) is 7.66. The van der Waals surface area contributed by atoms with Crippen molar-refractivity contribution in [1.29, 1.82) is 5.26 Å². The van der Waals surface area contributed by atoms with Gasteiger partial charge in [-0.05, 0) is 57.9 Å². The largest absolute Gasteiger partial charge is 0.377 e. The highest BCUT2D eigenvalue weighted by atomic mass is 16.5. The number of piperidine rings is 1. The Balaban J connectivity index is 1.61. The number of nitriles is 1. The lowest BCUT2D eigenvalue weighted by Crippen LogP contribution is -2.57. The Morgan fingerprint density at radius 1 is 1.30 bits per heavy atom. The minimum Gasteiger partial charge on any atom is -0.377 e. The maximum absolute atomic E-state index is 9.79. The number of hydrogen-bond acceptors (Lipinski definition) is 4. The van der Waals surface area contributed by atoms with Crippen LogP contribution in [0.1, 0.15) is 45.4 Å². The molecule has 0 amide bonds. The number of ether oxygens (including phenoxy) is 1. The molecule has 0 aromatic heterocycles. The van der Waals surface area contributed by atoms with Gasteiger partial charge in [0.2, 0.25) is 0 Å². The molecule has 2 unspecified atom stereocenters. The van der Waals surface area contributed by atoms with Crippen LogP contribution >= 0.6 is 0 Å². The molecular formula is C16H27N3O. The van der Waals surface area contributed by atoms with Gasteiger partial charge in [-0.1, -0.05) is 0 Å². The number of rotatable bonds is 7. The van der Waals surface area contributed by atoms with Gasteiger partial charge in [0.25, 0.3) is 0 Å². The van der Waals surface area contributed by atoms with E-state index in [9.17, 15) is 5.26 Å². The molecule has 3 rings (SSSR count). The average molecular weight is 277 g/mol. The van der Waals surface area contributed by atoms with E-state index in [1.165, 1.54) is 38.5 Å². The summed E-state index contributed by atoms with van der Waals surface area (Å²) in [6, 6.07) is 3.25. The lowest BCUT2D eigenvalue weighted by atomic mass is 9.92. The first-order valence-corrected chi connectivity index (χ1v) is 8.28. The lowest BCUT2D eigenvalue weighted by molar-refractivity contribution is -0.000413. The smallest absolute Gasteiger partial charge is 0.122 e. The molecule has 1 N–H and O–H groups in total. The quantitative estimate of drug-likeness (QED) is 0.772. The first-order chi connectivity index (χ1) is 9.75. The summed E-state index contributed by atoms with van der Waals surface area (Å²) in [7, 11) is 0. The molecule has 2 atom stereocenters. The zero-order chi connectivity index (χ0) is 14.0. The van der Waals surface area contributed by atoms with Crippen LogP contribution in [0.2, 0.25) is 0 Å². The third-order valence-corrected chi connectivity index (χ3v) is 4.85. The molecule has 112 valence electrons. The van der Waals surface area contributed by atoms with Gasteiger partial charge in [-0.15, -0.1) is 0 Å². The molecular weight excluding hydrogens is 250 g/mol. The Morgan fingerprint density at radius 3 is 2.70 bits per heavy atom. The van der Waals surface area contributed by atoms with E-state index in [0.29, 0.717) is 18.1 Å². The molecule has 4 nitrogen and oxygen atoms in total. The highest BCUT2D eigenvalue weighted by molar-refractivity contribution is 5.18. The van der Waals surface area contributed by atoms with E-state index < -0.39 is 0 Å². The number of likely N-dealkylation sites (tertiary alicyclic amines) is 1. The molecule has 4 heteroatoms. The van der Waals surface area contributed by atoms with Crippen molar-refractivity contribution in [2.45, 2.75) is 63.1 Å². The van der Waals surface area contributed by atoms with Gasteiger partial charge in [0.15, 0.2) is 0 Å². The normalized spacial score (nSPS) is 30.7. The van der Waals surface area contributed by atoms with Crippen LogP contribution in [0.3, 0.4) is 0 Å². The number of hydrogen-bond donors (Lipinski definition) is 1. The Bertz CT molecular complexity index is 370. The highest BCUT2D eigenvalue weighted by Gasteiger charge is 2.49. The van der Waals surface area contributed by atoms with Crippen molar-refractivity contribution < 1.29 is 4.74 Å². The molecule has 2 aliphatic carbocycles. The predicted octanol–water partition coefficient (Wildman–Crippen LogP) is 1.91. The maximum Gasteiger partial charge on any atom is 0.122 e. The van der Waals surface area contributed by atoms with Crippen molar-refractivity contribution in [3.8, 4) is 6.07 Å². The molecule has 0 aromatic carbocycles. The molecule has 0 aromatic rings. The minimum atomic E-state index is -0.296. The van der Waals surface area contributed by atoms with Gasteiger partial charge in [-0.2, -0.15) is 5.26 Å².